The second-order valence-corrected chi connectivity index (χ2v) is 8.10. The Morgan fingerprint density at radius 2 is 2.14 bits per heavy atom. The third-order valence-electron chi connectivity index (χ3n) is 4.71. The molecule has 8 heteroatoms. The van der Waals surface area contributed by atoms with Gasteiger partial charge in [-0.25, -0.2) is 0 Å². The van der Waals surface area contributed by atoms with Crippen LogP contribution in [0, 0.1) is 5.92 Å². The third kappa shape index (κ3) is 9.87. The molecule has 2 N–H and O–H groups in total. The van der Waals surface area contributed by atoms with Crippen molar-refractivity contribution in [2.45, 2.75) is 32.2 Å². The van der Waals surface area contributed by atoms with E-state index < -0.39 is 0 Å². The van der Waals surface area contributed by atoms with E-state index in [0.717, 1.165) is 71.3 Å². The zero-order valence-electron chi connectivity index (χ0n) is 17.5. The molecule has 28 heavy (non-hydrogen) atoms. The van der Waals surface area contributed by atoms with Crippen LogP contribution in [0.1, 0.15) is 37.1 Å². The molecule has 0 aromatic carbocycles. The van der Waals surface area contributed by atoms with E-state index in [4.69, 9.17) is 14.5 Å². The number of aliphatic imine (C=N–C) groups is 1. The smallest absolute Gasteiger partial charge is 0.191 e. The van der Waals surface area contributed by atoms with Gasteiger partial charge in [0.15, 0.2) is 5.96 Å². The molecular weight excluding hydrogens is 487 g/mol. The lowest BCUT2D eigenvalue weighted by atomic mass is 10.0. The average Bonchev–Trinajstić information content (AvgIpc) is 3.19. The summed E-state index contributed by atoms with van der Waals surface area (Å²) >= 11 is 1.79. The SMILES string of the molecule is CCNC(=NCC(c1cccs1)N(C)C)NCCCOCC1CCOCC1.I. The van der Waals surface area contributed by atoms with Crippen LogP contribution in [0.5, 0.6) is 0 Å². The zero-order valence-corrected chi connectivity index (χ0v) is 20.6. The lowest BCUT2D eigenvalue weighted by molar-refractivity contribution is 0.0203. The molecular formula is C20H37IN4O2S. The van der Waals surface area contributed by atoms with Gasteiger partial charge in [-0.15, -0.1) is 35.3 Å². The monoisotopic (exact) mass is 524 g/mol. The molecule has 162 valence electrons. The standard InChI is InChI=1S/C20H36N4O2S.HI/c1-4-21-20(23-15-18(24(2)3)19-7-5-14-27-19)22-10-6-11-26-16-17-8-12-25-13-9-17;/h5,7,14,17-18H,4,6,8-13,15-16H2,1-3H3,(H2,21,22,23);1H. The lowest BCUT2D eigenvalue weighted by Gasteiger charge is -2.22. The Kier molecular flexibility index (Phi) is 14.1. The predicted molar refractivity (Wildman–Crippen MR) is 129 cm³/mol. The minimum Gasteiger partial charge on any atom is -0.381 e. The Hall–Kier alpha value is -0.420. The normalized spacial score (nSPS) is 16.6. The molecule has 1 fully saturated rings. The minimum atomic E-state index is 0. The van der Waals surface area contributed by atoms with Crippen molar-refractivity contribution < 1.29 is 9.47 Å². The van der Waals surface area contributed by atoms with Crippen LogP contribution in [0.25, 0.3) is 0 Å². The molecule has 1 atom stereocenters. The molecule has 2 rings (SSSR count). The number of thiophene rings is 1. The number of nitrogens with zero attached hydrogens (tertiary/aromatic N) is 2. The van der Waals surface area contributed by atoms with Gasteiger partial charge in [0.1, 0.15) is 0 Å². The first-order valence-corrected chi connectivity index (χ1v) is 11.0. The fraction of sp³-hybridized carbons (Fsp3) is 0.750. The zero-order chi connectivity index (χ0) is 19.3. The van der Waals surface area contributed by atoms with Crippen molar-refractivity contribution in [3.8, 4) is 0 Å². The highest BCUT2D eigenvalue weighted by Gasteiger charge is 2.15. The summed E-state index contributed by atoms with van der Waals surface area (Å²) in [6.45, 7) is 7.99. The molecule has 0 amide bonds. The summed E-state index contributed by atoms with van der Waals surface area (Å²) in [5, 5.41) is 8.88. The fourth-order valence-corrected chi connectivity index (χ4v) is 3.97. The van der Waals surface area contributed by atoms with Crippen LogP contribution in [-0.2, 0) is 9.47 Å². The summed E-state index contributed by atoms with van der Waals surface area (Å²) in [6.07, 6.45) is 3.25. The fourth-order valence-electron chi connectivity index (χ4n) is 3.05. The Bertz CT molecular complexity index is 522. The molecule has 2 heterocycles. The van der Waals surface area contributed by atoms with Gasteiger partial charge in [-0.1, -0.05) is 6.07 Å². The van der Waals surface area contributed by atoms with E-state index in [1.54, 1.807) is 11.3 Å². The number of halogens is 1. The summed E-state index contributed by atoms with van der Waals surface area (Å²) < 4.78 is 11.2. The molecule has 1 aromatic rings. The first kappa shape index (κ1) is 25.6. The molecule has 1 unspecified atom stereocenters. The van der Waals surface area contributed by atoms with Crippen molar-refractivity contribution in [1.82, 2.24) is 15.5 Å². The van der Waals surface area contributed by atoms with E-state index in [0.29, 0.717) is 12.0 Å². The summed E-state index contributed by atoms with van der Waals surface area (Å²) in [7, 11) is 4.21. The number of guanidine groups is 1. The van der Waals surface area contributed by atoms with Crippen LogP contribution in [0.4, 0.5) is 0 Å². The molecule has 0 saturated carbocycles. The van der Waals surface area contributed by atoms with Gasteiger partial charge in [-0.2, -0.15) is 0 Å². The summed E-state index contributed by atoms with van der Waals surface area (Å²) in [6, 6.07) is 4.59. The maximum Gasteiger partial charge on any atom is 0.191 e. The van der Waals surface area contributed by atoms with Gasteiger partial charge in [-0.3, -0.25) is 4.99 Å². The van der Waals surface area contributed by atoms with Gasteiger partial charge in [0.2, 0.25) is 0 Å². The van der Waals surface area contributed by atoms with E-state index in [2.05, 4.69) is 54.1 Å². The van der Waals surface area contributed by atoms with Gasteiger partial charge in [0, 0.05) is 44.4 Å². The van der Waals surface area contributed by atoms with E-state index >= 15 is 0 Å². The number of hydrogen-bond donors (Lipinski definition) is 2. The van der Waals surface area contributed by atoms with Crippen molar-refractivity contribution in [3.63, 3.8) is 0 Å². The Labute approximate surface area is 191 Å². The molecule has 0 spiro atoms. The van der Waals surface area contributed by atoms with Gasteiger partial charge in [0.25, 0.3) is 0 Å². The summed E-state index contributed by atoms with van der Waals surface area (Å²) in [4.78, 5) is 8.36. The molecule has 1 aliphatic rings. The van der Waals surface area contributed by atoms with Crippen LogP contribution in [0.3, 0.4) is 0 Å². The number of hydrogen-bond acceptors (Lipinski definition) is 5. The average molecular weight is 525 g/mol. The number of rotatable bonds is 11. The highest BCUT2D eigenvalue weighted by molar-refractivity contribution is 14.0. The van der Waals surface area contributed by atoms with Crippen molar-refractivity contribution in [1.29, 1.82) is 0 Å². The lowest BCUT2D eigenvalue weighted by Crippen LogP contribution is -2.38. The maximum absolute atomic E-state index is 5.83. The highest BCUT2D eigenvalue weighted by Crippen LogP contribution is 2.23. The topological polar surface area (TPSA) is 58.1 Å². The van der Waals surface area contributed by atoms with Crippen LogP contribution >= 0.6 is 35.3 Å². The molecule has 0 radical (unpaired) electrons. The van der Waals surface area contributed by atoms with Crippen LogP contribution in [0.2, 0.25) is 0 Å². The van der Waals surface area contributed by atoms with Crippen molar-refractivity contribution in [2.24, 2.45) is 10.9 Å². The predicted octanol–water partition coefficient (Wildman–Crippen LogP) is 3.36. The number of nitrogens with one attached hydrogen (secondary N) is 2. The number of ether oxygens (including phenoxy) is 2. The summed E-state index contributed by atoms with van der Waals surface area (Å²) in [5.41, 5.74) is 0. The van der Waals surface area contributed by atoms with Crippen molar-refractivity contribution in [3.05, 3.63) is 22.4 Å². The summed E-state index contributed by atoms with van der Waals surface area (Å²) in [5.74, 6) is 1.55. The Balaban J connectivity index is 0.00000392. The molecule has 1 saturated heterocycles. The van der Waals surface area contributed by atoms with Crippen molar-refractivity contribution in [2.75, 3.05) is 60.2 Å². The van der Waals surface area contributed by atoms with Crippen LogP contribution < -0.4 is 10.6 Å². The van der Waals surface area contributed by atoms with Crippen LogP contribution in [0.15, 0.2) is 22.5 Å². The van der Waals surface area contributed by atoms with Gasteiger partial charge in [0.05, 0.1) is 12.6 Å². The minimum absolute atomic E-state index is 0. The van der Waals surface area contributed by atoms with E-state index in [-0.39, 0.29) is 24.0 Å². The molecule has 1 aromatic heterocycles. The van der Waals surface area contributed by atoms with Crippen LogP contribution in [-0.4, -0.2) is 71.0 Å². The van der Waals surface area contributed by atoms with Gasteiger partial charge in [-0.05, 0) is 57.6 Å². The van der Waals surface area contributed by atoms with E-state index in [1.165, 1.54) is 4.88 Å². The van der Waals surface area contributed by atoms with E-state index in [1.807, 2.05) is 0 Å². The first-order chi connectivity index (χ1) is 13.2. The number of likely N-dealkylation sites (N-methyl/N-ethyl adjacent to an activating group) is 1. The van der Waals surface area contributed by atoms with Gasteiger partial charge < -0.3 is 25.0 Å². The quantitative estimate of drug-likeness (QED) is 0.201. The first-order valence-electron chi connectivity index (χ1n) is 10.1. The van der Waals surface area contributed by atoms with Gasteiger partial charge >= 0.3 is 0 Å². The molecule has 0 bridgehead atoms. The molecule has 1 aliphatic heterocycles. The van der Waals surface area contributed by atoms with E-state index in [9.17, 15) is 0 Å². The second kappa shape index (κ2) is 15.4. The third-order valence-corrected chi connectivity index (χ3v) is 5.69. The molecule has 6 nitrogen and oxygen atoms in total. The Morgan fingerprint density at radius 1 is 1.36 bits per heavy atom. The second-order valence-electron chi connectivity index (χ2n) is 7.13. The maximum atomic E-state index is 5.83. The highest BCUT2D eigenvalue weighted by atomic mass is 127. The molecule has 0 aliphatic carbocycles. The van der Waals surface area contributed by atoms with Crippen molar-refractivity contribution >= 4 is 41.3 Å². The Morgan fingerprint density at radius 3 is 2.79 bits per heavy atom. The largest absolute Gasteiger partial charge is 0.381 e.